The van der Waals surface area contributed by atoms with Crippen molar-refractivity contribution in [1.82, 2.24) is 4.86 Å². The van der Waals surface area contributed by atoms with Crippen molar-refractivity contribution in [3.8, 4) is 0 Å². The minimum absolute atomic E-state index is 0. The molecule has 0 rings (SSSR count). The van der Waals surface area contributed by atoms with Gasteiger partial charge >= 0.3 is 15.5 Å². The first kappa shape index (κ1) is 13.8. The summed E-state index contributed by atoms with van der Waals surface area (Å²) in [5.74, 6) is 0. The number of hydrogen-bond acceptors (Lipinski definition) is 2. The Kier molecular flexibility index (Phi) is 5.98. The van der Waals surface area contributed by atoms with Gasteiger partial charge in [0.2, 0.25) is 0 Å². The van der Waals surface area contributed by atoms with Gasteiger partial charge in [0.15, 0.2) is 0 Å². The molecule has 5 N–H and O–H groups in total. The Labute approximate surface area is 78.6 Å². The van der Waals surface area contributed by atoms with Gasteiger partial charge in [0.1, 0.15) is 0 Å². The molecule has 0 aliphatic rings. The van der Waals surface area contributed by atoms with Crippen LogP contribution in [0.15, 0.2) is 0 Å². The Morgan fingerprint density at radius 1 is 0.900 bits per heavy atom. The van der Waals surface area contributed by atoms with Crippen molar-refractivity contribution in [3.63, 3.8) is 0 Å². The fourth-order valence-electron chi connectivity index (χ4n) is 0.170. The van der Waals surface area contributed by atoms with Gasteiger partial charge in [-0.3, -0.25) is 0 Å². The van der Waals surface area contributed by atoms with E-state index >= 15 is 0 Å². The van der Waals surface area contributed by atoms with E-state index in [0.29, 0.717) is 0 Å². The summed E-state index contributed by atoms with van der Waals surface area (Å²) < 4.78 is 19.5. The van der Waals surface area contributed by atoms with Crippen LogP contribution in [-0.2, 0) is 9.13 Å². The van der Waals surface area contributed by atoms with E-state index < -0.39 is 15.5 Å². The van der Waals surface area contributed by atoms with Crippen molar-refractivity contribution in [2.45, 2.75) is 0 Å². The first-order valence-electron chi connectivity index (χ1n) is 1.61. The summed E-state index contributed by atoms with van der Waals surface area (Å²) in [5.41, 5.74) is 0. The van der Waals surface area contributed by atoms with Crippen LogP contribution >= 0.6 is 15.5 Å². The summed E-state index contributed by atoms with van der Waals surface area (Å²) in [7, 11) is -9.60. The summed E-state index contributed by atoms with van der Waals surface area (Å²) in [6, 6.07) is 0. The second-order valence-corrected chi connectivity index (χ2v) is 4.16. The Hall–Kier alpha value is 1.26. The summed E-state index contributed by atoms with van der Waals surface area (Å²) in [6.45, 7) is 0. The van der Waals surface area contributed by atoms with Crippen LogP contribution in [0.4, 0.5) is 0 Å². The van der Waals surface area contributed by atoms with Crippen molar-refractivity contribution < 1.29 is 28.7 Å². The maximum Gasteiger partial charge on any atom is 0.409 e. The summed E-state index contributed by atoms with van der Waals surface area (Å²) >= 11 is 0. The molecule has 0 saturated heterocycles. The molecular formula is H5NNaO6P2. The summed E-state index contributed by atoms with van der Waals surface area (Å²) in [4.78, 5) is 32.2. The summed E-state index contributed by atoms with van der Waals surface area (Å²) in [5, 5.41) is 0. The Morgan fingerprint density at radius 2 is 1.10 bits per heavy atom. The second-order valence-electron chi connectivity index (χ2n) is 1.19. The molecule has 10 heavy (non-hydrogen) atoms. The minimum Gasteiger partial charge on any atom is -0.312 e. The molecule has 0 aliphatic carbocycles. The van der Waals surface area contributed by atoms with Crippen molar-refractivity contribution >= 4 is 45.1 Å². The van der Waals surface area contributed by atoms with Crippen molar-refractivity contribution in [2.75, 3.05) is 0 Å². The maximum absolute atomic E-state index is 9.74. The molecule has 0 saturated carbocycles. The van der Waals surface area contributed by atoms with Crippen LogP contribution in [0, 0.1) is 0 Å². The van der Waals surface area contributed by atoms with Gasteiger partial charge < -0.3 is 19.6 Å². The van der Waals surface area contributed by atoms with Gasteiger partial charge in [-0.15, -0.1) is 4.86 Å². The zero-order valence-corrected chi connectivity index (χ0v) is 8.79. The molecule has 0 aromatic heterocycles. The average Bonchev–Trinajstić information content (AvgIpc) is 1.14. The summed E-state index contributed by atoms with van der Waals surface area (Å²) in [6.07, 6.45) is 0. The van der Waals surface area contributed by atoms with E-state index in [2.05, 4.69) is 0 Å². The van der Waals surface area contributed by atoms with Gasteiger partial charge in [-0.1, -0.05) is 0 Å². The fourth-order valence-corrected chi connectivity index (χ4v) is 1.53. The Morgan fingerprint density at radius 3 is 1.10 bits per heavy atom. The predicted molar refractivity (Wildman–Crippen MR) is 33.0 cm³/mol. The largest absolute Gasteiger partial charge is 0.409 e. The molecule has 0 aliphatic heterocycles. The number of nitrogens with one attached hydrogen (secondary N) is 1. The van der Waals surface area contributed by atoms with Crippen LogP contribution in [0.3, 0.4) is 0 Å². The quantitative estimate of drug-likeness (QED) is 0.267. The van der Waals surface area contributed by atoms with Crippen LogP contribution in [0.25, 0.3) is 0 Å². The van der Waals surface area contributed by atoms with Crippen LogP contribution in [-0.4, -0.2) is 49.1 Å². The first-order chi connectivity index (χ1) is 3.71. The van der Waals surface area contributed by atoms with Gasteiger partial charge in [0, 0.05) is 29.6 Å². The van der Waals surface area contributed by atoms with E-state index in [1.54, 1.807) is 0 Å². The minimum atomic E-state index is -4.80. The topological polar surface area (TPSA) is 127 Å². The van der Waals surface area contributed by atoms with E-state index in [1.165, 1.54) is 0 Å². The van der Waals surface area contributed by atoms with E-state index in [-0.39, 0.29) is 29.6 Å². The monoisotopic (exact) mass is 200 g/mol. The normalized spacial score (nSPS) is 12.4. The molecule has 0 bridgehead atoms. The second kappa shape index (κ2) is 4.33. The molecule has 1 radical (unpaired) electrons. The third kappa shape index (κ3) is 12.0. The average molecular weight is 200 g/mol. The van der Waals surface area contributed by atoms with Crippen LogP contribution < -0.4 is 4.86 Å². The molecule has 0 spiro atoms. The smallest absolute Gasteiger partial charge is 0.312 e. The van der Waals surface area contributed by atoms with E-state index in [9.17, 15) is 9.13 Å². The Balaban J connectivity index is 0. The first-order valence-corrected chi connectivity index (χ1v) is 4.84. The number of hydrogen-bond donors (Lipinski definition) is 5. The Bertz CT molecular complexity index is 156. The van der Waals surface area contributed by atoms with Crippen molar-refractivity contribution in [2.24, 2.45) is 0 Å². The van der Waals surface area contributed by atoms with Gasteiger partial charge in [-0.25, -0.2) is 9.13 Å². The maximum atomic E-state index is 9.74. The van der Waals surface area contributed by atoms with Crippen LogP contribution in [0.1, 0.15) is 0 Å². The molecule has 0 aromatic rings. The molecule has 0 atom stereocenters. The van der Waals surface area contributed by atoms with Crippen molar-refractivity contribution in [3.05, 3.63) is 0 Å². The third-order valence-corrected chi connectivity index (χ3v) is 2.34. The molecule has 0 amide bonds. The molecule has 7 nitrogen and oxygen atoms in total. The predicted octanol–water partition coefficient (Wildman–Crippen LogP) is -1.62. The SMILES string of the molecule is O=P(O)(O)NP(=O)(O)O.[Na]. The van der Waals surface area contributed by atoms with Gasteiger partial charge in [-0.2, -0.15) is 0 Å². The molecule has 0 heterocycles. The van der Waals surface area contributed by atoms with E-state index in [4.69, 9.17) is 19.6 Å². The fraction of sp³-hybridized carbons (Fsp3) is 0. The zero-order valence-electron chi connectivity index (χ0n) is 5.00. The standard InChI is InChI=1S/H5NO6P2.Na/c2-8(3,4)1-9(5,6)7;/h(H5,1,2,3,4,5,6,7);. The van der Waals surface area contributed by atoms with Gasteiger partial charge in [0.25, 0.3) is 0 Å². The molecule has 57 valence electrons. The van der Waals surface area contributed by atoms with Crippen LogP contribution in [0.5, 0.6) is 0 Å². The van der Waals surface area contributed by atoms with Gasteiger partial charge in [-0.05, 0) is 0 Å². The molecule has 10 heteroatoms. The van der Waals surface area contributed by atoms with Gasteiger partial charge in [0.05, 0.1) is 0 Å². The third-order valence-electron chi connectivity index (χ3n) is 0.261. The van der Waals surface area contributed by atoms with Crippen LogP contribution in [0.2, 0.25) is 0 Å². The van der Waals surface area contributed by atoms with Crippen molar-refractivity contribution in [1.29, 1.82) is 0 Å². The van der Waals surface area contributed by atoms with E-state index in [1.807, 2.05) is 0 Å². The molecular weight excluding hydrogens is 195 g/mol. The van der Waals surface area contributed by atoms with E-state index in [0.717, 1.165) is 4.86 Å². The molecule has 0 aromatic carbocycles. The molecule has 0 fully saturated rings. The zero-order chi connectivity index (χ0) is 7.71. The number of rotatable bonds is 2. The molecule has 0 unspecified atom stereocenters.